The molecule has 0 atom stereocenters. The van der Waals surface area contributed by atoms with E-state index in [-0.39, 0.29) is 0 Å². The van der Waals surface area contributed by atoms with Crippen LogP contribution in [0, 0.1) is 5.41 Å². The molecule has 0 radical (unpaired) electrons. The number of ether oxygens (including phenoxy) is 1. The minimum Gasteiger partial charge on any atom is -0.388 e. The van der Waals surface area contributed by atoms with Crippen molar-refractivity contribution in [3.8, 4) is 0 Å². The van der Waals surface area contributed by atoms with Gasteiger partial charge in [-0.3, -0.25) is 4.99 Å². The van der Waals surface area contributed by atoms with Gasteiger partial charge in [0.05, 0.1) is 5.60 Å². The highest BCUT2D eigenvalue weighted by Crippen LogP contribution is 2.41. The number of guanidine groups is 1. The van der Waals surface area contributed by atoms with Gasteiger partial charge in [-0.1, -0.05) is 32.1 Å². The summed E-state index contributed by atoms with van der Waals surface area (Å²) in [6, 6.07) is 0. The zero-order chi connectivity index (χ0) is 17.3. The van der Waals surface area contributed by atoms with Crippen molar-refractivity contribution in [3.63, 3.8) is 0 Å². The molecular weight excluding hydrogens is 302 g/mol. The third-order valence-corrected chi connectivity index (χ3v) is 5.79. The molecule has 24 heavy (non-hydrogen) atoms. The maximum atomic E-state index is 10.7. The van der Waals surface area contributed by atoms with Crippen LogP contribution < -0.4 is 10.6 Å². The summed E-state index contributed by atoms with van der Waals surface area (Å²) in [6.45, 7) is 5.20. The van der Waals surface area contributed by atoms with Crippen molar-refractivity contribution < 1.29 is 9.84 Å². The first kappa shape index (κ1) is 19.5. The lowest BCUT2D eigenvalue weighted by molar-refractivity contribution is 0.00857. The molecule has 140 valence electrons. The molecule has 2 saturated carbocycles. The van der Waals surface area contributed by atoms with E-state index in [0.717, 1.165) is 57.8 Å². The van der Waals surface area contributed by atoms with Gasteiger partial charge in [0.25, 0.3) is 0 Å². The highest BCUT2D eigenvalue weighted by Gasteiger charge is 2.33. The Kier molecular flexibility index (Phi) is 7.82. The van der Waals surface area contributed by atoms with Crippen LogP contribution in [-0.2, 0) is 4.74 Å². The number of hydrogen-bond acceptors (Lipinski definition) is 3. The maximum Gasteiger partial charge on any atom is 0.191 e. The SMILES string of the molecule is CCNC(=NCC1(CCOC)CCCC1)NCC1(O)CCCCC1. The number of nitrogens with one attached hydrogen (secondary N) is 2. The fourth-order valence-electron chi connectivity index (χ4n) is 4.15. The predicted octanol–water partition coefficient (Wildman–Crippen LogP) is 2.83. The van der Waals surface area contributed by atoms with Gasteiger partial charge < -0.3 is 20.5 Å². The molecule has 2 aliphatic rings. The summed E-state index contributed by atoms with van der Waals surface area (Å²) in [7, 11) is 1.78. The Morgan fingerprint density at radius 1 is 1.04 bits per heavy atom. The third-order valence-electron chi connectivity index (χ3n) is 5.79. The number of aliphatic hydroxyl groups is 1. The van der Waals surface area contributed by atoms with Crippen LogP contribution in [0.2, 0.25) is 0 Å². The molecule has 2 rings (SSSR count). The van der Waals surface area contributed by atoms with E-state index < -0.39 is 5.60 Å². The normalized spacial score (nSPS) is 23.2. The fourth-order valence-corrected chi connectivity index (χ4v) is 4.15. The molecule has 3 N–H and O–H groups in total. The van der Waals surface area contributed by atoms with Gasteiger partial charge in [-0.05, 0) is 44.4 Å². The summed E-state index contributed by atoms with van der Waals surface area (Å²) in [4.78, 5) is 4.86. The van der Waals surface area contributed by atoms with E-state index in [0.29, 0.717) is 12.0 Å². The lowest BCUT2D eigenvalue weighted by Gasteiger charge is -2.33. The number of hydrogen-bond donors (Lipinski definition) is 3. The van der Waals surface area contributed by atoms with Crippen LogP contribution in [-0.4, -0.2) is 50.0 Å². The first-order chi connectivity index (χ1) is 11.6. The highest BCUT2D eigenvalue weighted by atomic mass is 16.5. The summed E-state index contributed by atoms with van der Waals surface area (Å²) in [5.74, 6) is 0.847. The van der Waals surface area contributed by atoms with Crippen molar-refractivity contribution in [3.05, 3.63) is 0 Å². The second kappa shape index (κ2) is 9.62. The molecule has 2 aliphatic carbocycles. The van der Waals surface area contributed by atoms with Crippen LogP contribution in [0.1, 0.15) is 71.1 Å². The van der Waals surface area contributed by atoms with Crippen LogP contribution in [0.5, 0.6) is 0 Å². The zero-order valence-electron chi connectivity index (χ0n) is 15.7. The summed E-state index contributed by atoms with van der Waals surface area (Å²) in [6.07, 6.45) is 11.5. The van der Waals surface area contributed by atoms with Crippen molar-refractivity contribution >= 4 is 5.96 Å². The average molecular weight is 340 g/mol. The Hall–Kier alpha value is -0.810. The summed E-state index contributed by atoms with van der Waals surface area (Å²) >= 11 is 0. The van der Waals surface area contributed by atoms with Gasteiger partial charge in [0.15, 0.2) is 5.96 Å². The molecule has 0 aromatic heterocycles. The van der Waals surface area contributed by atoms with Crippen molar-refractivity contribution in [2.45, 2.75) is 76.7 Å². The molecule has 0 unspecified atom stereocenters. The van der Waals surface area contributed by atoms with Gasteiger partial charge in [0, 0.05) is 33.4 Å². The standard InChI is InChI=1S/C19H37N3O2/c1-3-20-17(22-16-19(23)11-5-4-6-12-19)21-15-18(13-14-24-2)9-7-8-10-18/h23H,3-16H2,1-2H3,(H2,20,21,22). The number of methoxy groups -OCH3 is 1. The minimum atomic E-state index is -0.560. The van der Waals surface area contributed by atoms with Gasteiger partial charge in [0.2, 0.25) is 0 Å². The van der Waals surface area contributed by atoms with Crippen LogP contribution in [0.4, 0.5) is 0 Å². The average Bonchev–Trinajstić information content (AvgIpc) is 3.05. The van der Waals surface area contributed by atoms with Gasteiger partial charge in [-0.2, -0.15) is 0 Å². The van der Waals surface area contributed by atoms with Crippen LogP contribution >= 0.6 is 0 Å². The Bertz CT molecular complexity index is 386. The molecule has 0 bridgehead atoms. The molecule has 5 nitrogen and oxygen atoms in total. The molecular formula is C19H37N3O2. The van der Waals surface area contributed by atoms with Crippen molar-refractivity contribution in [1.29, 1.82) is 0 Å². The van der Waals surface area contributed by atoms with E-state index in [4.69, 9.17) is 9.73 Å². The topological polar surface area (TPSA) is 65.9 Å². The monoisotopic (exact) mass is 339 g/mol. The van der Waals surface area contributed by atoms with Crippen molar-refractivity contribution in [2.75, 3.05) is 33.4 Å². The Balaban J connectivity index is 1.91. The first-order valence-corrected chi connectivity index (χ1v) is 9.85. The van der Waals surface area contributed by atoms with Gasteiger partial charge >= 0.3 is 0 Å². The summed E-state index contributed by atoms with van der Waals surface area (Å²) in [5, 5.41) is 17.4. The smallest absolute Gasteiger partial charge is 0.191 e. The van der Waals surface area contributed by atoms with E-state index in [1.165, 1.54) is 32.1 Å². The predicted molar refractivity (Wildman–Crippen MR) is 99.4 cm³/mol. The number of aliphatic imine (C=N–C) groups is 1. The third kappa shape index (κ3) is 5.92. The van der Waals surface area contributed by atoms with E-state index in [1.807, 2.05) is 0 Å². The molecule has 0 spiro atoms. The molecule has 0 heterocycles. The first-order valence-electron chi connectivity index (χ1n) is 9.85. The largest absolute Gasteiger partial charge is 0.388 e. The molecule has 0 aromatic rings. The number of nitrogens with zero attached hydrogens (tertiary/aromatic N) is 1. The maximum absolute atomic E-state index is 10.7. The van der Waals surface area contributed by atoms with Gasteiger partial charge in [0.1, 0.15) is 0 Å². The Labute approximate surface area is 147 Å². The van der Waals surface area contributed by atoms with E-state index >= 15 is 0 Å². The lowest BCUT2D eigenvalue weighted by Crippen LogP contribution is -2.48. The number of rotatable bonds is 8. The Morgan fingerprint density at radius 3 is 2.33 bits per heavy atom. The second-order valence-corrected chi connectivity index (χ2v) is 7.78. The zero-order valence-corrected chi connectivity index (χ0v) is 15.7. The van der Waals surface area contributed by atoms with E-state index in [1.54, 1.807) is 7.11 Å². The molecule has 0 aliphatic heterocycles. The molecule has 5 heteroatoms. The minimum absolute atomic E-state index is 0.306. The molecule has 2 fully saturated rings. The second-order valence-electron chi connectivity index (χ2n) is 7.78. The van der Waals surface area contributed by atoms with E-state index in [2.05, 4.69) is 17.6 Å². The van der Waals surface area contributed by atoms with Crippen LogP contribution in [0.3, 0.4) is 0 Å². The van der Waals surface area contributed by atoms with Crippen LogP contribution in [0.25, 0.3) is 0 Å². The summed E-state index contributed by atoms with van der Waals surface area (Å²) < 4.78 is 5.31. The summed E-state index contributed by atoms with van der Waals surface area (Å²) in [5.41, 5.74) is -0.254. The van der Waals surface area contributed by atoms with Crippen LogP contribution in [0.15, 0.2) is 4.99 Å². The van der Waals surface area contributed by atoms with Gasteiger partial charge in [-0.25, -0.2) is 0 Å². The fraction of sp³-hybridized carbons (Fsp3) is 0.947. The Morgan fingerprint density at radius 2 is 1.71 bits per heavy atom. The van der Waals surface area contributed by atoms with Gasteiger partial charge in [-0.15, -0.1) is 0 Å². The lowest BCUT2D eigenvalue weighted by atomic mass is 9.83. The molecule has 0 aromatic carbocycles. The highest BCUT2D eigenvalue weighted by molar-refractivity contribution is 5.79. The molecule has 0 amide bonds. The van der Waals surface area contributed by atoms with Crippen molar-refractivity contribution in [2.24, 2.45) is 10.4 Å². The van der Waals surface area contributed by atoms with Crippen molar-refractivity contribution in [1.82, 2.24) is 10.6 Å². The quantitative estimate of drug-likeness (QED) is 0.470. The molecule has 0 saturated heterocycles. The van der Waals surface area contributed by atoms with E-state index in [9.17, 15) is 5.11 Å².